The van der Waals surface area contributed by atoms with Crippen LogP contribution in [0.5, 0.6) is 0 Å². The van der Waals surface area contributed by atoms with Crippen LogP contribution in [0.1, 0.15) is 15.9 Å². The molecule has 0 aliphatic heterocycles. The van der Waals surface area contributed by atoms with Crippen molar-refractivity contribution in [2.24, 2.45) is 0 Å². The van der Waals surface area contributed by atoms with E-state index in [-0.39, 0.29) is 5.91 Å². The Morgan fingerprint density at radius 2 is 2.05 bits per heavy atom. The van der Waals surface area contributed by atoms with Gasteiger partial charge in [0.05, 0.1) is 17.3 Å². The highest BCUT2D eigenvalue weighted by atomic mass is 32.1. The normalized spacial score (nSPS) is 9.95. The minimum atomic E-state index is -0.285. The number of hydrogen-bond acceptors (Lipinski definition) is 5. The number of carbonyl (C=O) groups excluding carboxylic acids is 1. The van der Waals surface area contributed by atoms with Crippen LogP contribution in [0.25, 0.3) is 11.3 Å². The number of nitriles is 1. The molecule has 0 radical (unpaired) electrons. The second kappa shape index (κ2) is 6.16. The van der Waals surface area contributed by atoms with Gasteiger partial charge in [0.2, 0.25) is 0 Å². The number of pyridine rings is 1. The van der Waals surface area contributed by atoms with Crippen LogP contribution in [-0.2, 0) is 0 Å². The van der Waals surface area contributed by atoms with Gasteiger partial charge in [-0.15, -0.1) is 11.3 Å². The molecule has 0 saturated carbocycles. The first-order valence-corrected chi connectivity index (χ1v) is 7.31. The summed E-state index contributed by atoms with van der Waals surface area (Å²) in [5, 5.41) is 14.0. The highest BCUT2D eigenvalue weighted by Gasteiger charge is 2.10. The van der Waals surface area contributed by atoms with Crippen LogP contribution in [0.15, 0.2) is 54.2 Å². The van der Waals surface area contributed by atoms with Gasteiger partial charge >= 0.3 is 0 Å². The fraction of sp³-hybridized carbons (Fsp3) is 0. The lowest BCUT2D eigenvalue weighted by Gasteiger charge is -2.01. The van der Waals surface area contributed by atoms with E-state index >= 15 is 0 Å². The molecule has 0 aliphatic carbocycles. The molecule has 0 fully saturated rings. The molecular weight excluding hydrogens is 296 g/mol. The van der Waals surface area contributed by atoms with Gasteiger partial charge in [-0.2, -0.15) is 5.26 Å². The summed E-state index contributed by atoms with van der Waals surface area (Å²) in [7, 11) is 0. The van der Waals surface area contributed by atoms with Crippen molar-refractivity contribution in [2.45, 2.75) is 0 Å². The molecule has 6 heteroatoms. The number of nitrogens with one attached hydrogen (secondary N) is 1. The number of nitrogens with zero attached hydrogens (tertiary/aromatic N) is 3. The van der Waals surface area contributed by atoms with Crippen LogP contribution in [0, 0.1) is 11.3 Å². The summed E-state index contributed by atoms with van der Waals surface area (Å²) < 4.78 is 0. The largest absolute Gasteiger partial charge is 0.298 e. The van der Waals surface area contributed by atoms with Crippen molar-refractivity contribution in [3.63, 3.8) is 0 Å². The zero-order valence-electron chi connectivity index (χ0n) is 11.4. The fourth-order valence-electron chi connectivity index (χ4n) is 1.89. The Morgan fingerprint density at radius 1 is 1.23 bits per heavy atom. The van der Waals surface area contributed by atoms with Gasteiger partial charge in [0.25, 0.3) is 5.91 Å². The summed E-state index contributed by atoms with van der Waals surface area (Å²) in [4.78, 5) is 20.5. The topological polar surface area (TPSA) is 78.7 Å². The van der Waals surface area contributed by atoms with E-state index in [2.05, 4.69) is 15.3 Å². The number of aromatic nitrogens is 2. The van der Waals surface area contributed by atoms with Crippen LogP contribution in [-0.4, -0.2) is 15.9 Å². The van der Waals surface area contributed by atoms with E-state index in [1.807, 2.05) is 23.6 Å². The van der Waals surface area contributed by atoms with Crippen molar-refractivity contribution in [2.75, 3.05) is 5.32 Å². The first-order chi connectivity index (χ1) is 10.8. The van der Waals surface area contributed by atoms with E-state index in [1.54, 1.807) is 36.7 Å². The van der Waals surface area contributed by atoms with Crippen molar-refractivity contribution in [1.82, 2.24) is 9.97 Å². The SMILES string of the molecule is N#Cc1cccc(C(=O)Nc2nc(-c3ccncc3)cs2)c1. The number of thiazole rings is 1. The van der Waals surface area contributed by atoms with Crippen molar-refractivity contribution < 1.29 is 4.79 Å². The Hall–Kier alpha value is -3.04. The molecule has 1 aromatic carbocycles. The lowest BCUT2D eigenvalue weighted by molar-refractivity contribution is 0.102. The molecule has 106 valence electrons. The maximum Gasteiger partial charge on any atom is 0.257 e. The summed E-state index contributed by atoms with van der Waals surface area (Å²) in [5.41, 5.74) is 2.61. The van der Waals surface area contributed by atoms with Crippen LogP contribution < -0.4 is 5.32 Å². The molecule has 0 saturated heterocycles. The Balaban J connectivity index is 1.78. The van der Waals surface area contributed by atoms with E-state index < -0.39 is 0 Å². The number of amides is 1. The monoisotopic (exact) mass is 306 g/mol. The third-order valence-corrected chi connectivity index (χ3v) is 3.71. The van der Waals surface area contributed by atoms with Crippen molar-refractivity contribution in [1.29, 1.82) is 5.26 Å². The second-order valence-electron chi connectivity index (χ2n) is 4.42. The van der Waals surface area contributed by atoms with Gasteiger partial charge in [-0.25, -0.2) is 4.98 Å². The lowest BCUT2D eigenvalue weighted by atomic mass is 10.1. The number of rotatable bonds is 3. The van der Waals surface area contributed by atoms with Gasteiger partial charge in [-0.05, 0) is 30.3 Å². The smallest absolute Gasteiger partial charge is 0.257 e. The molecule has 5 nitrogen and oxygen atoms in total. The van der Waals surface area contributed by atoms with Gasteiger partial charge in [0.1, 0.15) is 0 Å². The van der Waals surface area contributed by atoms with Crippen LogP contribution in [0.3, 0.4) is 0 Å². The van der Waals surface area contributed by atoms with Gasteiger partial charge in [0.15, 0.2) is 5.13 Å². The molecule has 3 aromatic rings. The average Bonchev–Trinajstić information content (AvgIpc) is 3.04. The maximum absolute atomic E-state index is 12.2. The molecule has 0 unspecified atom stereocenters. The molecular formula is C16H10N4OS. The Morgan fingerprint density at radius 3 is 2.82 bits per heavy atom. The minimum absolute atomic E-state index is 0.285. The Bertz CT molecular complexity index is 852. The van der Waals surface area contributed by atoms with Crippen LogP contribution in [0.4, 0.5) is 5.13 Å². The van der Waals surface area contributed by atoms with Gasteiger partial charge in [0, 0.05) is 28.9 Å². The molecule has 0 spiro atoms. The first kappa shape index (κ1) is 13.9. The zero-order valence-corrected chi connectivity index (χ0v) is 12.2. The molecule has 3 rings (SSSR count). The number of hydrogen-bond donors (Lipinski definition) is 1. The average molecular weight is 306 g/mol. The standard InChI is InChI=1S/C16H10N4OS/c17-9-11-2-1-3-13(8-11)15(21)20-16-19-14(10-22-16)12-4-6-18-7-5-12/h1-8,10H,(H,19,20,21). The highest BCUT2D eigenvalue weighted by Crippen LogP contribution is 2.24. The maximum atomic E-state index is 12.2. The summed E-state index contributed by atoms with van der Waals surface area (Å²) in [6.45, 7) is 0. The summed E-state index contributed by atoms with van der Waals surface area (Å²) >= 11 is 1.35. The zero-order chi connectivity index (χ0) is 15.4. The van der Waals surface area contributed by atoms with E-state index in [0.29, 0.717) is 16.3 Å². The molecule has 0 bridgehead atoms. The minimum Gasteiger partial charge on any atom is -0.298 e. The van der Waals surface area contributed by atoms with Crippen molar-refractivity contribution in [3.05, 3.63) is 65.3 Å². The number of anilines is 1. The van der Waals surface area contributed by atoms with E-state index in [1.165, 1.54) is 11.3 Å². The van der Waals surface area contributed by atoms with Crippen molar-refractivity contribution >= 4 is 22.4 Å². The van der Waals surface area contributed by atoms with E-state index in [0.717, 1.165) is 11.3 Å². The fourth-order valence-corrected chi connectivity index (χ4v) is 2.60. The number of benzene rings is 1. The lowest BCUT2D eigenvalue weighted by Crippen LogP contribution is -2.11. The summed E-state index contributed by atoms with van der Waals surface area (Å²) in [5.74, 6) is -0.285. The van der Waals surface area contributed by atoms with E-state index in [9.17, 15) is 4.79 Å². The van der Waals surface area contributed by atoms with Gasteiger partial charge < -0.3 is 0 Å². The van der Waals surface area contributed by atoms with Gasteiger partial charge in [-0.1, -0.05) is 6.07 Å². The third-order valence-electron chi connectivity index (χ3n) is 2.95. The molecule has 2 aromatic heterocycles. The molecule has 2 heterocycles. The predicted octanol–water partition coefficient (Wildman–Crippen LogP) is 3.33. The predicted molar refractivity (Wildman–Crippen MR) is 84.5 cm³/mol. The van der Waals surface area contributed by atoms with Gasteiger partial charge in [-0.3, -0.25) is 15.1 Å². The van der Waals surface area contributed by atoms with Crippen molar-refractivity contribution in [3.8, 4) is 17.3 Å². The summed E-state index contributed by atoms with van der Waals surface area (Å²) in [6, 6.07) is 12.3. The molecule has 22 heavy (non-hydrogen) atoms. The quantitative estimate of drug-likeness (QED) is 0.805. The number of carbonyl (C=O) groups is 1. The van der Waals surface area contributed by atoms with Crippen LogP contribution >= 0.6 is 11.3 Å². The molecule has 0 atom stereocenters. The Kier molecular flexibility index (Phi) is 3.90. The molecule has 1 amide bonds. The molecule has 1 N–H and O–H groups in total. The Labute approximate surface area is 130 Å². The highest BCUT2D eigenvalue weighted by molar-refractivity contribution is 7.14. The van der Waals surface area contributed by atoms with Crippen LogP contribution in [0.2, 0.25) is 0 Å². The second-order valence-corrected chi connectivity index (χ2v) is 5.28. The first-order valence-electron chi connectivity index (χ1n) is 6.44. The van der Waals surface area contributed by atoms with E-state index in [4.69, 9.17) is 5.26 Å². The third kappa shape index (κ3) is 3.00. The molecule has 0 aliphatic rings. The summed E-state index contributed by atoms with van der Waals surface area (Å²) in [6.07, 6.45) is 3.39.